The highest BCUT2D eigenvalue weighted by Gasteiger charge is 2.24. The fourth-order valence-corrected chi connectivity index (χ4v) is 3.05. The molecule has 0 atom stereocenters. The number of carbonyl (C=O) groups excluding carboxylic acids is 1. The highest BCUT2D eigenvalue weighted by molar-refractivity contribution is 6.31. The van der Waals surface area contributed by atoms with E-state index in [-0.39, 0.29) is 11.3 Å². The van der Waals surface area contributed by atoms with Crippen LogP contribution in [0.25, 0.3) is 0 Å². The van der Waals surface area contributed by atoms with Gasteiger partial charge >= 0.3 is 5.97 Å². The van der Waals surface area contributed by atoms with Crippen LogP contribution in [0.5, 0.6) is 0 Å². The second-order valence-electron chi connectivity index (χ2n) is 6.08. The summed E-state index contributed by atoms with van der Waals surface area (Å²) in [5.41, 5.74) is 2.60. The number of nitrogens with one attached hydrogen (secondary N) is 1. The highest BCUT2D eigenvalue weighted by Crippen LogP contribution is 2.23. The fourth-order valence-electron chi connectivity index (χ4n) is 2.86. The number of aromatic carboxylic acids is 1. The van der Waals surface area contributed by atoms with Crippen molar-refractivity contribution in [3.8, 4) is 0 Å². The van der Waals surface area contributed by atoms with Crippen molar-refractivity contribution in [2.75, 3.05) is 5.32 Å². The Morgan fingerprint density at radius 3 is 2.63 bits per heavy atom. The molecule has 0 unspecified atom stereocenters. The van der Waals surface area contributed by atoms with Crippen molar-refractivity contribution in [3.63, 3.8) is 0 Å². The van der Waals surface area contributed by atoms with E-state index in [0.717, 1.165) is 17.5 Å². The van der Waals surface area contributed by atoms with E-state index in [0.29, 0.717) is 22.9 Å². The van der Waals surface area contributed by atoms with Crippen molar-refractivity contribution in [3.05, 3.63) is 63.7 Å². The lowest BCUT2D eigenvalue weighted by Gasteiger charge is -2.09. The van der Waals surface area contributed by atoms with E-state index in [1.54, 1.807) is 17.7 Å². The monoisotopic (exact) mass is 387 g/mol. The molecule has 0 spiro atoms. The number of nitrogens with zero attached hydrogens (tertiary/aromatic N) is 4. The quantitative estimate of drug-likeness (QED) is 0.700. The number of aryl methyl sites for hydroxylation is 2. The Hall–Kier alpha value is -3.13. The lowest BCUT2D eigenvalue weighted by Crippen LogP contribution is -2.20. The lowest BCUT2D eigenvalue weighted by molar-refractivity contribution is 0.0692. The normalized spacial score (nSPS) is 10.8. The summed E-state index contributed by atoms with van der Waals surface area (Å²) in [6, 6.07) is 7.46. The van der Waals surface area contributed by atoms with Crippen molar-refractivity contribution in [2.24, 2.45) is 7.05 Å². The van der Waals surface area contributed by atoms with Gasteiger partial charge in [-0.05, 0) is 25.5 Å². The number of carbonyl (C=O) groups is 2. The largest absolute Gasteiger partial charge is 0.478 e. The standard InChI is InChI=1S/C18H18ClN5O3/c1-10-15(21-17(25)16-13(18(26)27)8-20-23(16)3)11(2)24(22-10)9-12-6-4-5-7-14(12)19/h4-8H,9H2,1-3H3,(H,21,25)(H,26,27). The van der Waals surface area contributed by atoms with E-state index in [4.69, 9.17) is 11.6 Å². The minimum Gasteiger partial charge on any atom is -0.478 e. The Kier molecular flexibility index (Phi) is 5.00. The van der Waals surface area contributed by atoms with Gasteiger partial charge in [-0.15, -0.1) is 0 Å². The van der Waals surface area contributed by atoms with Crippen LogP contribution in [0.2, 0.25) is 5.02 Å². The van der Waals surface area contributed by atoms with Gasteiger partial charge in [0.1, 0.15) is 11.3 Å². The zero-order chi connectivity index (χ0) is 19.7. The van der Waals surface area contributed by atoms with E-state index in [9.17, 15) is 14.7 Å². The average molecular weight is 388 g/mol. The Labute approximate surface area is 160 Å². The van der Waals surface area contributed by atoms with Crippen molar-refractivity contribution < 1.29 is 14.7 Å². The number of halogens is 1. The van der Waals surface area contributed by atoms with Crippen LogP contribution in [0, 0.1) is 13.8 Å². The van der Waals surface area contributed by atoms with E-state index in [1.165, 1.54) is 11.7 Å². The zero-order valence-corrected chi connectivity index (χ0v) is 15.8. The predicted octanol–water partition coefficient (Wildman–Crippen LogP) is 2.89. The average Bonchev–Trinajstić information content (AvgIpc) is 3.12. The van der Waals surface area contributed by atoms with Crippen LogP contribution in [0.1, 0.15) is 37.8 Å². The van der Waals surface area contributed by atoms with Gasteiger partial charge in [0, 0.05) is 12.1 Å². The molecule has 0 fully saturated rings. The highest BCUT2D eigenvalue weighted by atomic mass is 35.5. The Morgan fingerprint density at radius 2 is 1.96 bits per heavy atom. The molecule has 1 aromatic carbocycles. The second-order valence-corrected chi connectivity index (χ2v) is 6.49. The lowest BCUT2D eigenvalue weighted by atomic mass is 10.2. The molecule has 0 saturated heterocycles. The maximum atomic E-state index is 12.7. The Balaban J connectivity index is 1.90. The van der Waals surface area contributed by atoms with E-state index < -0.39 is 11.9 Å². The second kappa shape index (κ2) is 7.24. The third-order valence-electron chi connectivity index (χ3n) is 4.28. The Morgan fingerprint density at radius 1 is 1.26 bits per heavy atom. The molecule has 3 rings (SSSR count). The van der Waals surface area contributed by atoms with Crippen LogP contribution in [0.3, 0.4) is 0 Å². The molecular formula is C18H18ClN5O3. The van der Waals surface area contributed by atoms with Gasteiger partial charge in [-0.1, -0.05) is 29.8 Å². The van der Waals surface area contributed by atoms with Crippen molar-refractivity contribution in [1.29, 1.82) is 0 Å². The molecule has 1 amide bonds. The van der Waals surface area contributed by atoms with Crippen LogP contribution >= 0.6 is 11.6 Å². The van der Waals surface area contributed by atoms with Crippen LogP contribution in [0.4, 0.5) is 5.69 Å². The maximum Gasteiger partial charge on any atom is 0.339 e. The minimum atomic E-state index is -1.21. The maximum absolute atomic E-state index is 12.7. The summed E-state index contributed by atoms with van der Waals surface area (Å²) in [5, 5.41) is 21.0. The van der Waals surface area contributed by atoms with Gasteiger partial charge in [-0.3, -0.25) is 14.2 Å². The molecule has 0 aliphatic rings. The molecule has 0 saturated carbocycles. The first-order chi connectivity index (χ1) is 12.8. The number of carboxylic acids is 1. The first-order valence-corrected chi connectivity index (χ1v) is 8.51. The first kappa shape index (κ1) is 18.7. The summed E-state index contributed by atoms with van der Waals surface area (Å²) >= 11 is 6.21. The molecule has 2 aromatic heterocycles. The summed E-state index contributed by atoms with van der Waals surface area (Å²) in [5.74, 6) is -1.77. The number of benzene rings is 1. The van der Waals surface area contributed by atoms with Crippen LogP contribution in [0.15, 0.2) is 30.5 Å². The molecule has 8 nitrogen and oxygen atoms in total. The predicted molar refractivity (Wildman–Crippen MR) is 100 cm³/mol. The molecule has 0 aliphatic carbocycles. The molecule has 2 heterocycles. The van der Waals surface area contributed by atoms with Crippen molar-refractivity contribution in [2.45, 2.75) is 20.4 Å². The first-order valence-electron chi connectivity index (χ1n) is 8.13. The molecular weight excluding hydrogens is 370 g/mol. The Bertz CT molecular complexity index is 1040. The summed E-state index contributed by atoms with van der Waals surface area (Å²) in [7, 11) is 1.52. The fraction of sp³-hybridized carbons (Fsp3) is 0.222. The molecule has 140 valence electrons. The molecule has 9 heteroatoms. The summed E-state index contributed by atoms with van der Waals surface area (Å²) in [6.45, 7) is 4.05. The number of amides is 1. The SMILES string of the molecule is Cc1nn(Cc2ccccc2Cl)c(C)c1NC(=O)c1c(C(=O)O)cnn1C. The van der Waals surface area contributed by atoms with Gasteiger partial charge in [0.15, 0.2) is 0 Å². The van der Waals surface area contributed by atoms with E-state index in [1.807, 2.05) is 25.1 Å². The van der Waals surface area contributed by atoms with Crippen molar-refractivity contribution in [1.82, 2.24) is 19.6 Å². The number of aromatic nitrogens is 4. The number of hydrogen-bond donors (Lipinski definition) is 2. The van der Waals surface area contributed by atoms with Gasteiger partial charge in [0.2, 0.25) is 0 Å². The number of hydrogen-bond acceptors (Lipinski definition) is 4. The van der Waals surface area contributed by atoms with Crippen LogP contribution < -0.4 is 5.32 Å². The minimum absolute atomic E-state index is 0.0276. The topological polar surface area (TPSA) is 102 Å². The molecule has 0 radical (unpaired) electrons. The molecule has 3 aromatic rings. The summed E-state index contributed by atoms with van der Waals surface area (Å²) < 4.78 is 2.98. The molecule has 0 aliphatic heterocycles. The van der Waals surface area contributed by atoms with Gasteiger partial charge in [-0.2, -0.15) is 10.2 Å². The summed E-state index contributed by atoms with van der Waals surface area (Å²) in [6.07, 6.45) is 1.15. The smallest absolute Gasteiger partial charge is 0.339 e. The molecule has 27 heavy (non-hydrogen) atoms. The van der Waals surface area contributed by atoms with Gasteiger partial charge in [0.25, 0.3) is 5.91 Å². The van der Waals surface area contributed by atoms with E-state index >= 15 is 0 Å². The van der Waals surface area contributed by atoms with Gasteiger partial charge in [-0.25, -0.2) is 4.79 Å². The van der Waals surface area contributed by atoms with Crippen LogP contribution in [-0.2, 0) is 13.6 Å². The van der Waals surface area contributed by atoms with Gasteiger partial charge < -0.3 is 10.4 Å². The van der Waals surface area contributed by atoms with Crippen molar-refractivity contribution >= 4 is 29.2 Å². The summed E-state index contributed by atoms with van der Waals surface area (Å²) in [4.78, 5) is 24.0. The molecule has 0 bridgehead atoms. The van der Waals surface area contributed by atoms with Gasteiger partial charge in [0.05, 0.1) is 29.8 Å². The number of anilines is 1. The number of carboxylic acid groups (broad SMARTS) is 1. The third kappa shape index (κ3) is 3.56. The van der Waals surface area contributed by atoms with Crippen LogP contribution in [-0.4, -0.2) is 36.5 Å². The molecule has 2 N–H and O–H groups in total. The third-order valence-corrected chi connectivity index (χ3v) is 4.65. The van der Waals surface area contributed by atoms with E-state index in [2.05, 4.69) is 15.5 Å². The zero-order valence-electron chi connectivity index (χ0n) is 15.0. The number of rotatable bonds is 5.